The average Bonchev–Trinajstić information content (AvgIpc) is 3.04. The fourth-order valence-corrected chi connectivity index (χ4v) is 3.67. The van der Waals surface area contributed by atoms with Gasteiger partial charge < -0.3 is 10.5 Å². The van der Waals surface area contributed by atoms with Gasteiger partial charge in [-0.15, -0.1) is 11.3 Å². The van der Waals surface area contributed by atoms with Gasteiger partial charge in [-0.25, -0.2) is 4.99 Å². The van der Waals surface area contributed by atoms with Crippen molar-refractivity contribution in [3.63, 3.8) is 0 Å². The maximum atomic E-state index is 13.1. The molecule has 2 atom stereocenters. The predicted molar refractivity (Wildman–Crippen MR) is 86.8 cm³/mol. The molecule has 130 valence electrons. The summed E-state index contributed by atoms with van der Waals surface area (Å²) in [5.74, 6) is 0. The van der Waals surface area contributed by atoms with E-state index in [0.29, 0.717) is 16.0 Å². The maximum Gasteiger partial charge on any atom is 0.425 e. The topological polar surface area (TPSA) is 84.3 Å². The van der Waals surface area contributed by atoms with Crippen molar-refractivity contribution >= 4 is 17.4 Å². The first-order chi connectivity index (χ1) is 11.7. The fraction of sp³-hybridized carbons (Fsp3) is 0.312. The Morgan fingerprint density at radius 2 is 2.12 bits per heavy atom. The Labute approximate surface area is 145 Å². The summed E-state index contributed by atoms with van der Waals surface area (Å²) < 4.78 is 43.8. The third kappa shape index (κ3) is 3.44. The van der Waals surface area contributed by atoms with Crippen molar-refractivity contribution in [2.24, 2.45) is 10.7 Å². The largest absolute Gasteiger partial charge is 0.452 e. The van der Waals surface area contributed by atoms with Crippen molar-refractivity contribution in [1.29, 1.82) is 5.26 Å². The first kappa shape index (κ1) is 17.2. The summed E-state index contributed by atoms with van der Waals surface area (Å²) in [5, 5.41) is 10.7. The molecule has 0 aromatic carbocycles. The molecule has 3 rings (SSSR count). The smallest absolute Gasteiger partial charge is 0.425 e. The van der Waals surface area contributed by atoms with Crippen molar-refractivity contribution in [2.45, 2.75) is 31.2 Å². The van der Waals surface area contributed by atoms with E-state index in [2.05, 4.69) is 14.7 Å². The van der Waals surface area contributed by atoms with E-state index < -0.39 is 23.8 Å². The molecule has 25 heavy (non-hydrogen) atoms. The second kappa shape index (κ2) is 6.04. The quantitative estimate of drug-likeness (QED) is 0.881. The van der Waals surface area contributed by atoms with Gasteiger partial charge in [0.25, 0.3) is 6.02 Å². The van der Waals surface area contributed by atoms with Crippen LogP contribution in [0.1, 0.15) is 23.8 Å². The van der Waals surface area contributed by atoms with E-state index in [1.165, 1.54) is 17.5 Å². The molecular weight excluding hydrogens is 353 g/mol. The first-order valence-corrected chi connectivity index (χ1v) is 8.12. The summed E-state index contributed by atoms with van der Waals surface area (Å²) >= 11 is 1.28. The molecule has 0 spiro atoms. The number of alkyl halides is 3. The van der Waals surface area contributed by atoms with Crippen LogP contribution >= 0.6 is 11.3 Å². The molecule has 0 saturated carbocycles. The minimum Gasteiger partial charge on any atom is -0.452 e. The molecule has 0 amide bonds. The molecule has 1 aliphatic heterocycles. The Bertz CT molecular complexity index is 871. The van der Waals surface area contributed by atoms with E-state index in [4.69, 9.17) is 11.0 Å². The number of pyridine rings is 1. The number of amidine groups is 1. The van der Waals surface area contributed by atoms with Gasteiger partial charge in [-0.1, -0.05) is 0 Å². The normalized spacial score (nSPS) is 23.5. The Morgan fingerprint density at radius 3 is 2.80 bits per heavy atom. The molecule has 2 aromatic heterocycles. The highest BCUT2D eigenvalue weighted by Crippen LogP contribution is 2.43. The van der Waals surface area contributed by atoms with Gasteiger partial charge in [-0.05, 0) is 30.0 Å². The highest BCUT2D eigenvalue weighted by atomic mass is 32.1. The van der Waals surface area contributed by atoms with E-state index in [9.17, 15) is 13.2 Å². The zero-order chi connectivity index (χ0) is 18.2. The van der Waals surface area contributed by atoms with E-state index in [1.54, 1.807) is 30.6 Å². The summed E-state index contributed by atoms with van der Waals surface area (Å²) in [6.07, 6.45) is -3.84. The predicted octanol–water partition coefficient (Wildman–Crippen LogP) is 3.56. The minimum atomic E-state index is -4.52. The first-order valence-electron chi connectivity index (χ1n) is 7.24. The molecular formula is C16H13F3N4OS. The van der Waals surface area contributed by atoms with Crippen LogP contribution in [0.5, 0.6) is 0 Å². The highest BCUT2D eigenvalue weighted by molar-refractivity contribution is 7.10. The number of hydrogen-bond acceptors (Lipinski definition) is 6. The van der Waals surface area contributed by atoms with Gasteiger partial charge >= 0.3 is 6.18 Å². The molecule has 2 unspecified atom stereocenters. The van der Waals surface area contributed by atoms with Gasteiger partial charge in [0.15, 0.2) is 6.10 Å². The van der Waals surface area contributed by atoms with Crippen molar-refractivity contribution in [3.8, 4) is 17.2 Å². The highest BCUT2D eigenvalue weighted by Gasteiger charge is 2.49. The molecule has 0 bridgehead atoms. The molecule has 2 aromatic rings. The number of hydrogen-bond donors (Lipinski definition) is 1. The number of nitriles is 1. The Morgan fingerprint density at radius 1 is 1.36 bits per heavy atom. The van der Waals surface area contributed by atoms with Crippen LogP contribution in [-0.4, -0.2) is 23.3 Å². The van der Waals surface area contributed by atoms with Crippen LogP contribution in [0.3, 0.4) is 0 Å². The zero-order valence-electron chi connectivity index (χ0n) is 13.0. The number of aliphatic imine (C=N–C) groups is 1. The van der Waals surface area contributed by atoms with Crippen LogP contribution < -0.4 is 5.73 Å². The maximum absolute atomic E-state index is 13.1. The van der Waals surface area contributed by atoms with Gasteiger partial charge in [0.1, 0.15) is 11.6 Å². The van der Waals surface area contributed by atoms with Gasteiger partial charge in [0.05, 0.1) is 5.56 Å². The van der Waals surface area contributed by atoms with Crippen molar-refractivity contribution in [2.75, 3.05) is 0 Å². The molecule has 0 fully saturated rings. The standard InChI is InChI=1S/C16H13F3N4OS/c1-15(4-12(16(17,18)19)24-14(21)23-15)13-3-11(8-25-13)10-2-9(5-20)6-22-7-10/h2-3,6-8,12H,4H2,1H3,(H2,21,23). The number of rotatable bonds is 2. The van der Waals surface area contributed by atoms with Crippen LogP contribution in [0.4, 0.5) is 13.2 Å². The van der Waals surface area contributed by atoms with Crippen LogP contribution in [0.25, 0.3) is 11.1 Å². The molecule has 0 aliphatic carbocycles. The molecule has 0 saturated heterocycles. The summed E-state index contributed by atoms with van der Waals surface area (Å²) in [5.41, 5.74) is 6.22. The molecule has 0 radical (unpaired) electrons. The minimum absolute atomic E-state index is 0.354. The van der Waals surface area contributed by atoms with Crippen LogP contribution in [0, 0.1) is 11.3 Å². The number of nitrogens with two attached hydrogens (primary N) is 1. The summed E-state index contributed by atoms with van der Waals surface area (Å²) in [7, 11) is 0. The van der Waals surface area contributed by atoms with Crippen LogP contribution in [-0.2, 0) is 10.3 Å². The van der Waals surface area contributed by atoms with E-state index >= 15 is 0 Å². The van der Waals surface area contributed by atoms with E-state index in [-0.39, 0.29) is 6.42 Å². The average molecular weight is 366 g/mol. The van der Waals surface area contributed by atoms with Crippen LogP contribution in [0.15, 0.2) is 34.9 Å². The van der Waals surface area contributed by atoms with Gasteiger partial charge in [0, 0.05) is 29.3 Å². The zero-order valence-corrected chi connectivity index (χ0v) is 13.9. The molecule has 3 heterocycles. The third-order valence-electron chi connectivity index (χ3n) is 3.90. The second-order valence-corrected chi connectivity index (χ2v) is 6.76. The van der Waals surface area contributed by atoms with E-state index in [1.807, 2.05) is 6.07 Å². The lowest BCUT2D eigenvalue weighted by Gasteiger charge is -2.34. The molecule has 5 nitrogen and oxygen atoms in total. The number of nitrogens with zero attached hydrogens (tertiary/aromatic N) is 3. The Kier molecular flexibility index (Phi) is 4.16. The Balaban J connectivity index is 1.95. The van der Waals surface area contributed by atoms with Gasteiger partial charge in [0.2, 0.25) is 0 Å². The summed E-state index contributed by atoms with van der Waals surface area (Å²) in [6.45, 7) is 1.60. The lowest BCUT2D eigenvalue weighted by Crippen LogP contribution is -2.45. The van der Waals surface area contributed by atoms with Crippen molar-refractivity contribution in [3.05, 3.63) is 40.3 Å². The number of thiophene rings is 1. The molecule has 1 aliphatic rings. The summed E-state index contributed by atoms with van der Waals surface area (Å²) in [4.78, 5) is 8.73. The Hall–Kier alpha value is -2.60. The summed E-state index contributed by atoms with van der Waals surface area (Å²) in [6, 6.07) is 4.95. The lowest BCUT2D eigenvalue weighted by atomic mass is 9.91. The molecule has 9 heteroatoms. The molecule has 2 N–H and O–H groups in total. The fourth-order valence-electron chi connectivity index (χ4n) is 2.63. The second-order valence-electron chi connectivity index (χ2n) is 5.85. The van der Waals surface area contributed by atoms with Gasteiger partial charge in [-0.2, -0.15) is 18.4 Å². The van der Waals surface area contributed by atoms with Crippen LogP contribution in [0.2, 0.25) is 0 Å². The van der Waals surface area contributed by atoms with Crippen molar-refractivity contribution < 1.29 is 17.9 Å². The number of halogens is 3. The third-order valence-corrected chi connectivity index (χ3v) is 5.08. The van der Waals surface area contributed by atoms with E-state index in [0.717, 1.165) is 5.56 Å². The number of aromatic nitrogens is 1. The van der Waals surface area contributed by atoms with Crippen molar-refractivity contribution in [1.82, 2.24) is 4.98 Å². The lowest BCUT2D eigenvalue weighted by molar-refractivity contribution is -0.208. The number of ether oxygens (including phenoxy) is 1. The monoisotopic (exact) mass is 366 g/mol. The van der Waals surface area contributed by atoms with Gasteiger partial charge in [-0.3, -0.25) is 4.98 Å². The SMILES string of the molecule is CC1(c2cc(-c3cncc(C#N)c3)cs2)CC(C(F)(F)F)OC(N)=N1.